The molecule has 4 heteroatoms. The molecule has 0 aromatic carbocycles. The molecule has 94 valence electrons. The van der Waals surface area contributed by atoms with Gasteiger partial charge in [-0.3, -0.25) is 4.79 Å². The Labute approximate surface area is 103 Å². The van der Waals surface area contributed by atoms with E-state index in [0.29, 0.717) is 5.92 Å². The topological polar surface area (TPSA) is 41.1 Å². The van der Waals surface area contributed by atoms with Gasteiger partial charge in [-0.15, -0.1) is 0 Å². The van der Waals surface area contributed by atoms with Gasteiger partial charge in [-0.25, -0.2) is 0 Å². The third-order valence-electron chi connectivity index (χ3n) is 3.36. The third-order valence-corrected chi connectivity index (χ3v) is 4.43. The third kappa shape index (κ3) is 3.98. The highest BCUT2D eigenvalue weighted by Gasteiger charge is 2.23. The molecule has 3 nitrogen and oxygen atoms in total. The maximum atomic E-state index is 12.0. The molecule has 1 amide bonds. The van der Waals surface area contributed by atoms with E-state index in [1.165, 1.54) is 0 Å². The number of carbonyl (C=O) groups excluding carboxylic acids is 1. The summed E-state index contributed by atoms with van der Waals surface area (Å²) in [7, 11) is 0. The Morgan fingerprint density at radius 1 is 1.50 bits per heavy atom. The highest BCUT2D eigenvalue weighted by atomic mass is 32.2. The predicted molar refractivity (Wildman–Crippen MR) is 70.8 cm³/mol. The van der Waals surface area contributed by atoms with E-state index in [4.69, 9.17) is 0 Å². The van der Waals surface area contributed by atoms with Gasteiger partial charge in [-0.2, -0.15) is 11.8 Å². The Kier molecular flexibility index (Phi) is 6.21. The van der Waals surface area contributed by atoms with Gasteiger partial charge in [0.1, 0.15) is 0 Å². The molecule has 1 fully saturated rings. The van der Waals surface area contributed by atoms with E-state index in [2.05, 4.69) is 31.4 Å². The molecular formula is C12H24N2OS. The van der Waals surface area contributed by atoms with Crippen molar-refractivity contribution in [3.8, 4) is 0 Å². The fraction of sp³-hybridized carbons (Fsp3) is 0.917. The van der Waals surface area contributed by atoms with Gasteiger partial charge in [-0.05, 0) is 12.8 Å². The lowest BCUT2D eigenvalue weighted by Gasteiger charge is -2.27. The highest BCUT2D eigenvalue weighted by molar-refractivity contribution is 7.99. The number of rotatable bonds is 5. The van der Waals surface area contributed by atoms with Crippen LogP contribution >= 0.6 is 11.8 Å². The summed E-state index contributed by atoms with van der Waals surface area (Å²) in [5.41, 5.74) is 0. The molecule has 0 bridgehead atoms. The Morgan fingerprint density at radius 2 is 2.19 bits per heavy atom. The van der Waals surface area contributed by atoms with E-state index in [1.54, 1.807) is 0 Å². The standard InChI is InChI=1S/C12H24N2OS/c1-4-10(5-2)9(3)14-12(15)11-8-16-7-6-13-11/h9-11,13H,4-8H2,1-3H3,(H,14,15). The van der Waals surface area contributed by atoms with Crippen LogP contribution in [0.3, 0.4) is 0 Å². The fourth-order valence-corrected chi connectivity index (χ4v) is 3.11. The zero-order valence-electron chi connectivity index (χ0n) is 10.6. The summed E-state index contributed by atoms with van der Waals surface area (Å²) in [6, 6.07) is 0.298. The molecule has 1 saturated heterocycles. The van der Waals surface area contributed by atoms with Crippen LogP contribution in [-0.2, 0) is 4.79 Å². The van der Waals surface area contributed by atoms with Crippen LogP contribution < -0.4 is 10.6 Å². The van der Waals surface area contributed by atoms with Crippen LogP contribution in [0.1, 0.15) is 33.6 Å². The van der Waals surface area contributed by atoms with Gasteiger partial charge in [0.2, 0.25) is 5.91 Å². The van der Waals surface area contributed by atoms with Crippen LogP contribution in [-0.4, -0.2) is 36.0 Å². The number of amides is 1. The van der Waals surface area contributed by atoms with Crippen molar-refractivity contribution in [2.24, 2.45) is 5.92 Å². The van der Waals surface area contributed by atoms with E-state index in [9.17, 15) is 4.79 Å². The molecule has 1 rings (SSSR count). The van der Waals surface area contributed by atoms with Crippen LogP contribution in [0.4, 0.5) is 0 Å². The Morgan fingerprint density at radius 3 is 2.69 bits per heavy atom. The summed E-state index contributed by atoms with van der Waals surface area (Å²) in [4.78, 5) is 12.0. The first-order chi connectivity index (χ1) is 7.69. The average molecular weight is 244 g/mol. The second kappa shape index (κ2) is 7.17. The predicted octanol–water partition coefficient (Wildman–Crippen LogP) is 1.63. The zero-order chi connectivity index (χ0) is 12.0. The molecule has 1 heterocycles. The largest absolute Gasteiger partial charge is 0.352 e. The maximum absolute atomic E-state index is 12.0. The van der Waals surface area contributed by atoms with Crippen molar-refractivity contribution in [2.45, 2.75) is 45.7 Å². The average Bonchev–Trinajstić information content (AvgIpc) is 2.31. The lowest BCUT2D eigenvalue weighted by atomic mass is 9.95. The minimum Gasteiger partial charge on any atom is -0.352 e. The lowest BCUT2D eigenvalue weighted by molar-refractivity contribution is -0.123. The van der Waals surface area contributed by atoms with Gasteiger partial charge in [0.15, 0.2) is 0 Å². The van der Waals surface area contributed by atoms with Crippen LogP contribution in [0.5, 0.6) is 0 Å². The molecule has 2 atom stereocenters. The molecule has 1 aliphatic heterocycles. The maximum Gasteiger partial charge on any atom is 0.238 e. The summed E-state index contributed by atoms with van der Waals surface area (Å²) in [6.45, 7) is 7.44. The van der Waals surface area contributed by atoms with E-state index in [0.717, 1.165) is 30.9 Å². The van der Waals surface area contributed by atoms with E-state index < -0.39 is 0 Å². The van der Waals surface area contributed by atoms with Crippen LogP contribution in [0.2, 0.25) is 0 Å². The van der Waals surface area contributed by atoms with E-state index in [1.807, 2.05) is 11.8 Å². The first kappa shape index (κ1) is 13.8. The van der Waals surface area contributed by atoms with Gasteiger partial charge in [-0.1, -0.05) is 26.7 Å². The minimum atomic E-state index is 0.00978. The lowest BCUT2D eigenvalue weighted by Crippen LogP contribution is -2.52. The molecule has 0 radical (unpaired) electrons. The normalized spacial score (nSPS) is 23.1. The first-order valence-corrected chi connectivity index (χ1v) is 7.46. The van der Waals surface area contributed by atoms with Gasteiger partial charge in [0, 0.05) is 24.1 Å². The first-order valence-electron chi connectivity index (χ1n) is 6.30. The molecule has 0 aliphatic carbocycles. The molecule has 0 aromatic rings. The molecule has 1 aliphatic rings. The molecule has 0 saturated carbocycles. The second-order valence-electron chi connectivity index (χ2n) is 4.46. The van der Waals surface area contributed by atoms with Crippen LogP contribution in [0.15, 0.2) is 0 Å². The Balaban J connectivity index is 2.37. The summed E-state index contributed by atoms with van der Waals surface area (Å²) in [5, 5.41) is 6.40. The molecule has 0 aromatic heterocycles. The fourth-order valence-electron chi connectivity index (χ4n) is 2.17. The zero-order valence-corrected chi connectivity index (χ0v) is 11.4. The van der Waals surface area contributed by atoms with Crippen LogP contribution in [0, 0.1) is 5.92 Å². The number of hydrogen-bond donors (Lipinski definition) is 2. The highest BCUT2D eigenvalue weighted by Crippen LogP contribution is 2.13. The van der Waals surface area contributed by atoms with Crippen molar-refractivity contribution in [1.82, 2.24) is 10.6 Å². The number of hydrogen-bond acceptors (Lipinski definition) is 3. The molecule has 2 N–H and O–H groups in total. The van der Waals surface area contributed by atoms with Crippen molar-refractivity contribution in [3.63, 3.8) is 0 Å². The van der Waals surface area contributed by atoms with Crippen molar-refractivity contribution < 1.29 is 4.79 Å². The quantitative estimate of drug-likeness (QED) is 0.772. The number of thioether (sulfide) groups is 1. The monoisotopic (exact) mass is 244 g/mol. The number of carbonyl (C=O) groups is 1. The van der Waals surface area contributed by atoms with Crippen LogP contribution in [0.25, 0.3) is 0 Å². The van der Waals surface area contributed by atoms with Gasteiger partial charge < -0.3 is 10.6 Å². The Bertz CT molecular complexity index is 213. The van der Waals surface area contributed by atoms with E-state index >= 15 is 0 Å². The van der Waals surface area contributed by atoms with Gasteiger partial charge in [0.05, 0.1) is 6.04 Å². The van der Waals surface area contributed by atoms with Gasteiger partial charge >= 0.3 is 0 Å². The summed E-state index contributed by atoms with van der Waals surface area (Å²) in [5.74, 6) is 2.79. The number of nitrogens with one attached hydrogen (secondary N) is 2. The second-order valence-corrected chi connectivity index (χ2v) is 5.61. The van der Waals surface area contributed by atoms with E-state index in [-0.39, 0.29) is 18.0 Å². The summed E-state index contributed by atoms with van der Waals surface area (Å²) < 4.78 is 0. The SMILES string of the molecule is CCC(CC)C(C)NC(=O)C1CSCCN1. The molecule has 2 unspecified atom stereocenters. The molecular weight excluding hydrogens is 220 g/mol. The summed E-state index contributed by atoms with van der Waals surface area (Å²) in [6.07, 6.45) is 2.26. The Hall–Kier alpha value is -0.220. The molecule has 0 spiro atoms. The smallest absolute Gasteiger partial charge is 0.238 e. The van der Waals surface area contributed by atoms with Crippen molar-refractivity contribution in [3.05, 3.63) is 0 Å². The van der Waals surface area contributed by atoms with Gasteiger partial charge in [0.25, 0.3) is 0 Å². The minimum absolute atomic E-state index is 0.00978. The van der Waals surface area contributed by atoms with Crippen molar-refractivity contribution >= 4 is 17.7 Å². The van der Waals surface area contributed by atoms with Crippen molar-refractivity contribution in [1.29, 1.82) is 0 Å². The summed E-state index contributed by atoms with van der Waals surface area (Å²) >= 11 is 1.86. The molecule has 16 heavy (non-hydrogen) atoms. The van der Waals surface area contributed by atoms with Crippen molar-refractivity contribution in [2.75, 3.05) is 18.1 Å².